The monoisotopic (exact) mass is 1160 g/mol. The highest BCUT2D eigenvalue weighted by Crippen LogP contribution is 2.32. The highest BCUT2D eigenvalue weighted by Gasteiger charge is 2.44. The number of thiazole rings is 1. The van der Waals surface area contributed by atoms with Crippen LogP contribution in [-0.2, 0) is 32.1 Å². The number of aliphatic hydroxyl groups excluding tert-OH is 1. The van der Waals surface area contributed by atoms with E-state index in [1.54, 1.807) is 71.8 Å². The average Bonchev–Trinajstić information content (AvgIpc) is 4.33. The maximum absolute atomic E-state index is 14.2. The zero-order valence-electron chi connectivity index (χ0n) is 49.4. The highest BCUT2D eigenvalue weighted by molar-refractivity contribution is 7.13. The predicted molar refractivity (Wildman–Crippen MR) is 325 cm³/mol. The molecular formula is C65H81N9O9S. The van der Waals surface area contributed by atoms with Crippen molar-refractivity contribution in [2.75, 3.05) is 66.6 Å². The largest absolute Gasteiger partial charge is 0.494 e. The molecule has 2 aliphatic rings. The third-order valence-electron chi connectivity index (χ3n) is 15.3. The van der Waals surface area contributed by atoms with E-state index >= 15 is 0 Å². The second kappa shape index (κ2) is 29.7. The molecule has 0 spiro atoms. The number of benzene rings is 4. The normalized spacial score (nSPS) is 16.3. The van der Waals surface area contributed by atoms with Crippen LogP contribution in [0.3, 0.4) is 0 Å². The first-order valence-electron chi connectivity index (χ1n) is 29.1. The molecule has 2 aliphatic heterocycles. The topological polar surface area (TPSA) is 217 Å². The van der Waals surface area contributed by atoms with Gasteiger partial charge in [-0.25, -0.2) is 4.98 Å². The molecule has 2 fully saturated rings. The number of aliphatic hydroxyl groups is 1. The molecule has 8 rings (SSSR count). The van der Waals surface area contributed by atoms with Crippen molar-refractivity contribution < 1.29 is 43.3 Å². The fourth-order valence-electron chi connectivity index (χ4n) is 10.5. The Morgan fingerprint density at radius 2 is 1.54 bits per heavy atom. The minimum atomic E-state index is -0.938. The minimum Gasteiger partial charge on any atom is -0.494 e. The third-order valence-corrected chi connectivity index (χ3v) is 16.3. The lowest BCUT2D eigenvalue weighted by molar-refractivity contribution is -0.144. The Hall–Kier alpha value is -7.71. The number of aromatic nitrogens is 2. The lowest BCUT2D eigenvalue weighted by Gasteiger charge is -2.35. The summed E-state index contributed by atoms with van der Waals surface area (Å²) in [5.41, 5.74) is 7.67. The molecular weight excluding hydrogens is 1080 g/mol. The van der Waals surface area contributed by atoms with E-state index in [4.69, 9.17) is 19.2 Å². The van der Waals surface area contributed by atoms with Gasteiger partial charge in [0.15, 0.2) is 6.61 Å². The van der Waals surface area contributed by atoms with Gasteiger partial charge in [-0.15, -0.1) is 11.3 Å². The SMILES string of the molecule is CNCCN1CCC(c2cc(CN(C)C(=O)c3cccc(Oc4ccc(OCC(=O)NCCc5ccc(OCCCC(=O)N[C@H](C(=O)N6C[C@H](O)C[C@H]6C(=O)N[C@@H](C)c6ccc(-c7scnc7C)cc6)C(C)(C)C)cc5)cc4)c3)ccn2)CC1. The molecule has 0 unspecified atom stereocenters. The predicted octanol–water partition coefficient (Wildman–Crippen LogP) is 8.24. The van der Waals surface area contributed by atoms with Gasteiger partial charge in [0.05, 0.1) is 34.8 Å². The van der Waals surface area contributed by atoms with Gasteiger partial charge in [-0.2, -0.15) is 0 Å². The van der Waals surface area contributed by atoms with Crippen molar-refractivity contribution in [2.24, 2.45) is 5.41 Å². The Morgan fingerprint density at radius 3 is 2.24 bits per heavy atom. The number of hydrogen-bond donors (Lipinski definition) is 5. The van der Waals surface area contributed by atoms with Gasteiger partial charge in [0.1, 0.15) is 35.1 Å². The average molecular weight is 1160 g/mol. The second-order valence-corrected chi connectivity index (χ2v) is 23.8. The fraction of sp³-hybridized carbons (Fsp3) is 0.431. The van der Waals surface area contributed by atoms with Crippen LogP contribution >= 0.6 is 11.3 Å². The second-order valence-electron chi connectivity index (χ2n) is 22.9. The molecule has 5 N–H and O–H groups in total. The maximum Gasteiger partial charge on any atom is 0.257 e. The molecule has 0 saturated carbocycles. The van der Waals surface area contributed by atoms with Gasteiger partial charge >= 0.3 is 0 Å². The molecule has 5 amide bonds. The zero-order valence-corrected chi connectivity index (χ0v) is 50.2. The van der Waals surface area contributed by atoms with Crippen LogP contribution in [0.5, 0.6) is 23.0 Å². The summed E-state index contributed by atoms with van der Waals surface area (Å²) < 4.78 is 17.8. The smallest absolute Gasteiger partial charge is 0.257 e. The molecule has 0 bridgehead atoms. The van der Waals surface area contributed by atoms with E-state index in [1.165, 1.54) is 4.90 Å². The van der Waals surface area contributed by atoms with Crippen LogP contribution in [0.4, 0.5) is 0 Å². The minimum absolute atomic E-state index is 0.0154. The van der Waals surface area contributed by atoms with Crippen LogP contribution in [0.2, 0.25) is 0 Å². The van der Waals surface area contributed by atoms with Gasteiger partial charge in [-0.1, -0.05) is 63.2 Å². The summed E-state index contributed by atoms with van der Waals surface area (Å²) in [5, 5.41) is 22.8. The van der Waals surface area contributed by atoms with Crippen molar-refractivity contribution in [1.82, 2.24) is 45.9 Å². The number of nitrogens with zero attached hydrogens (tertiary/aromatic N) is 5. The van der Waals surface area contributed by atoms with Gasteiger partial charge < -0.3 is 55.3 Å². The molecule has 19 heteroatoms. The molecule has 4 atom stereocenters. The Kier molecular flexibility index (Phi) is 22.0. The van der Waals surface area contributed by atoms with Crippen LogP contribution in [0, 0.1) is 12.3 Å². The van der Waals surface area contributed by atoms with E-state index < -0.39 is 29.5 Å². The number of amides is 5. The van der Waals surface area contributed by atoms with Crippen LogP contribution in [0.25, 0.3) is 10.4 Å². The standard InChI is InChI=1S/C65H81N9O9S/c1-43(47-15-17-49(18-16-47)60-44(2)69-42-84-60)70-62(78)57-38-51(75)40-74(57)64(80)61(65(3,4)5)71-58(76)12-9-35-81-52-19-13-45(14-20-52)25-30-68-59(77)41-82-53-21-23-54(24-22-53)83-55-11-8-10-50(37-55)63(79)72(7)39-46-26-29-67-56(36-46)48-27-32-73(33-28-48)34-31-66-6/h8,10-11,13-24,26,29,36-37,42-43,48,51,57,61,66,75H,9,12,25,27-28,30-35,38-41H2,1-7H3,(H,68,77)(H,70,78)(H,71,76)/t43-,51+,57-,61+/m0/s1. The number of pyridine rings is 1. The molecule has 446 valence electrons. The van der Waals surface area contributed by atoms with E-state index in [2.05, 4.69) is 37.2 Å². The van der Waals surface area contributed by atoms with Crippen molar-refractivity contribution in [3.8, 4) is 33.4 Å². The number of aryl methyl sites for hydroxylation is 1. The molecule has 4 aromatic carbocycles. The number of carbonyl (C=O) groups is 5. The fourth-order valence-corrected chi connectivity index (χ4v) is 11.3. The first kappa shape index (κ1) is 62.3. The molecule has 0 aliphatic carbocycles. The van der Waals surface area contributed by atoms with E-state index in [-0.39, 0.29) is 62.3 Å². The number of nitrogens with one attached hydrogen (secondary N) is 4. The number of β-amino-alcohol motifs (C(OH)–C–C–N with tert-alkyl or cyclic N) is 1. The lowest BCUT2D eigenvalue weighted by atomic mass is 9.85. The molecule has 2 saturated heterocycles. The summed E-state index contributed by atoms with van der Waals surface area (Å²) in [6.45, 7) is 14.5. The van der Waals surface area contributed by atoms with Gasteiger partial charge in [-0.3, -0.25) is 29.0 Å². The van der Waals surface area contributed by atoms with Crippen molar-refractivity contribution in [2.45, 2.75) is 110 Å². The molecule has 6 aromatic rings. The van der Waals surface area contributed by atoms with E-state index in [0.29, 0.717) is 60.4 Å². The Morgan fingerprint density at radius 1 is 0.821 bits per heavy atom. The Balaban J connectivity index is 0.704. The first-order chi connectivity index (χ1) is 40.4. The quantitative estimate of drug-likeness (QED) is 0.0324. The molecule has 0 radical (unpaired) electrons. The summed E-state index contributed by atoms with van der Waals surface area (Å²) in [6.07, 6.45) is 4.30. The van der Waals surface area contributed by atoms with Gasteiger partial charge in [0.25, 0.3) is 11.8 Å². The summed E-state index contributed by atoms with van der Waals surface area (Å²) in [5.74, 6) is 1.12. The van der Waals surface area contributed by atoms with Gasteiger partial charge in [0.2, 0.25) is 17.7 Å². The molecule has 18 nitrogen and oxygen atoms in total. The summed E-state index contributed by atoms with van der Waals surface area (Å²) in [4.78, 5) is 83.1. The van der Waals surface area contributed by atoms with Gasteiger partial charge in [0, 0.05) is 76.0 Å². The highest BCUT2D eigenvalue weighted by atomic mass is 32.1. The Bertz CT molecular complexity index is 3140. The van der Waals surface area contributed by atoms with Gasteiger partial charge in [-0.05, 0) is 154 Å². The van der Waals surface area contributed by atoms with Crippen molar-refractivity contribution in [3.05, 3.63) is 155 Å². The number of ether oxygens (including phenoxy) is 3. The molecule has 4 heterocycles. The van der Waals surface area contributed by atoms with Crippen LogP contribution in [-0.4, -0.2) is 144 Å². The van der Waals surface area contributed by atoms with Crippen LogP contribution in [0.1, 0.15) is 110 Å². The lowest BCUT2D eigenvalue weighted by Crippen LogP contribution is -2.57. The van der Waals surface area contributed by atoms with Crippen molar-refractivity contribution in [3.63, 3.8) is 0 Å². The molecule has 84 heavy (non-hydrogen) atoms. The third kappa shape index (κ3) is 17.7. The van der Waals surface area contributed by atoms with Crippen LogP contribution < -0.4 is 35.5 Å². The first-order valence-corrected chi connectivity index (χ1v) is 29.9. The number of likely N-dealkylation sites (N-methyl/N-ethyl adjacent to an activating group) is 1. The van der Waals surface area contributed by atoms with E-state index in [9.17, 15) is 29.1 Å². The summed E-state index contributed by atoms with van der Waals surface area (Å²) in [7, 11) is 3.79. The number of piperidine rings is 1. The van der Waals surface area contributed by atoms with Crippen molar-refractivity contribution >= 4 is 40.9 Å². The summed E-state index contributed by atoms with van der Waals surface area (Å²) in [6, 6.07) is 31.4. The number of rotatable bonds is 26. The number of carbonyl (C=O) groups excluding carboxylic acids is 5. The molecule has 2 aromatic heterocycles. The number of hydrogen-bond acceptors (Lipinski definition) is 14. The van der Waals surface area contributed by atoms with E-state index in [0.717, 1.165) is 77.5 Å². The summed E-state index contributed by atoms with van der Waals surface area (Å²) >= 11 is 1.57. The maximum atomic E-state index is 14.2. The number of likely N-dealkylation sites (tertiary alicyclic amines) is 2. The van der Waals surface area contributed by atoms with Crippen molar-refractivity contribution in [1.29, 1.82) is 0 Å². The Labute approximate surface area is 497 Å². The van der Waals surface area contributed by atoms with Crippen LogP contribution in [0.15, 0.2) is 121 Å². The zero-order chi connectivity index (χ0) is 59.8. The van der Waals surface area contributed by atoms with E-state index in [1.807, 2.05) is 108 Å².